The van der Waals surface area contributed by atoms with Gasteiger partial charge in [0.25, 0.3) is 0 Å². The number of aliphatic imine (C=N–C) groups is 1. The van der Waals surface area contributed by atoms with Crippen molar-refractivity contribution in [1.29, 1.82) is 0 Å². The maximum atomic E-state index is 5.90. The largest absolute Gasteiger partial charge is 0.492 e. The molecule has 5 nitrogen and oxygen atoms in total. The molecule has 0 spiro atoms. The summed E-state index contributed by atoms with van der Waals surface area (Å²) < 4.78 is 5.64. The van der Waals surface area contributed by atoms with Crippen LogP contribution >= 0.6 is 24.0 Å². The van der Waals surface area contributed by atoms with Crippen LogP contribution in [0.1, 0.15) is 25.3 Å². The second-order valence-corrected chi connectivity index (χ2v) is 5.74. The number of hydrogen-bond acceptors (Lipinski definition) is 3. The van der Waals surface area contributed by atoms with Crippen molar-refractivity contribution in [3.8, 4) is 5.75 Å². The van der Waals surface area contributed by atoms with Crippen molar-refractivity contribution >= 4 is 29.9 Å². The van der Waals surface area contributed by atoms with Gasteiger partial charge in [-0.15, -0.1) is 24.0 Å². The molecule has 1 saturated heterocycles. The van der Waals surface area contributed by atoms with E-state index in [9.17, 15) is 0 Å². The maximum absolute atomic E-state index is 5.90. The zero-order valence-corrected chi connectivity index (χ0v) is 16.5. The molecule has 1 aliphatic heterocycles. The van der Waals surface area contributed by atoms with Gasteiger partial charge in [-0.05, 0) is 45.0 Å². The molecular weight excluding hydrogens is 403 g/mol. The summed E-state index contributed by atoms with van der Waals surface area (Å²) in [6.07, 6.45) is 2.49. The normalized spacial score (nSPS) is 18.5. The van der Waals surface area contributed by atoms with Crippen molar-refractivity contribution in [3.05, 3.63) is 29.8 Å². The van der Waals surface area contributed by atoms with E-state index in [4.69, 9.17) is 10.5 Å². The summed E-state index contributed by atoms with van der Waals surface area (Å²) in [5.74, 6) is 1.39. The maximum Gasteiger partial charge on any atom is 0.188 e. The fourth-order valence-corrected chi connectivity index (χ4v) is 2.76. The van der Waals surface area contributed by atoms with E-state index in [1.807, 2.05) is 24.3 Å². The SMILES string of the molecule is CCN1CCCC1CN=C(N)NCCOc1ccc(C)cc1.I. The van der Waals surface area contributed by atoms with E-state index < -0.39 is 0 Å². The van der Waals surface area contributed by atoms with Gasteiger partial charge >= 0.3 is 0 Å². The lowest BCUT2D eigenvalue weighted by Crippen LogP contribution is -2.37. The van der Waals surface area contributed by atoms with E-state index in [0.717, 1.165) is 18.8 Å². The summed E-state index contributed by atoms with van der Waals surface area (Å²) in [4.78, 5) is 6.92. The van der Waals surface area contributed by atoms with Gasteiger partial charge in [0.1, 0.15) is 12.4 Å². The van der Waals surface area contributed by atoms with Gasteiger partial charge in [0.15, 0.2) is 5.96 Å². The van der Waals surface area contributed by atoms with Crippen LogP contribution in [-0.4, -0.2) is 49.7 Å². The average Bonchev–Trinajstić information content (AvgIpc) is 2.99. The van der Waals surface area contributed by atoms with Crippen LogP contribution in [0.3, 0.4) is 0 Å². The Kier molecular flexibility index (Phi) is 9.31. The second-order valence-electron chi connectivity index (χ2n) is 5.74. The number of likely N-dealkylation sites (tertiary alicyclic amines) is 1. The van der Waals surface area contributed by atoms with E-state index in [-0.39, 0.29) is 24.0 Å². The van der Waals surface area contributed by atoms with Crippen LogP contribution in [0.25, 0.3) is 0 Å². The summed E-state index contributed by atoms with van der Waals surface area (Å²) in [7, 11) is 0. The van der Waals surface area contributed by atoms with E-state index >= 15 is 0 Å². The number of ether oxygens (including phenoxy) is 1. The predicted molar refractivity (Wildman–Crippen MR) is 107 cm³/mol. The first-order chi connectivity index (χ1) is 10.7. The highest BCUT2D eigenvalue weighted by molar-refractivity contribution is 14.0. The lowest BCUT2D eigenvalue weighted by molar-refractivity contribution is 0.273. The van der Waals surface area contributed by atoms with E-state index in [0.29, 0.717) is 25.2 Å². The summed E-state index contributed by atoms with van der Waals surface area (Å²) in [6.45, 7) is 8.56. The van der Waals surface area contributed by atoms with Crippen molar-refractivity contribution in [2.24, 2.45) is 10.7 Å². The Morgan fingerprint density at radius 3 is 2.83 bits per heavy atom. The van der Waals surface area contributed by atoms with Crippen molar-refractivity contribution in [2.75, 3.05) is 32.8 Å². The minimum Gasteiger partial charge on any atom is -0.492 e. The molecule has 6 heteroatoms. The molecular formula is C17H29IN4O. The minimum atomic E-state index is 0. The molecule has 1 aliphatic rings. The molecule has 0 saturated carbocycles. The zero-order chi connectivity index (χ0) is 15.8. The molecule has 0 aromatic heterocycles. The number of likely N-dealkylation sites (N-methyl/N-ethyl adjacent to an activating group) is 1. The Labute approximate surface area is 156 Å². The molecule has 1 atom stereocenters. The molecule has 3 N–H and O–H groups in total. The predicted octanol–water partition coefficient (Wildman–Crippen LogP) is 2.38. The first-order valence-electron chi connectivity index (χ1n) is 8.16. The molecule has 23 heavy (non-hydrogen) atoms. The van der Waals surface area contributed by atoms with Crippen molar-refractivity contribution in [3.63, 3.8) is 0 Å². The standard InChI is InChI=1S/C17H28N4O.HI/c1-3-21-11-4-5-15(21)13-20-17(18)19-10-12-22-16-8-6-14(2)7-9-16;/h6-9,15H,3-5,10-13H2,1-2H3,(H3,18,19,20);1H. The molecule has 0 bridgehead atoms. The first-order valence-corrected chi connectivity index (χ1v) is 8.16. The van der Waals surface area contributed by atoms with Gasteiger partial charge in [0.2, 0.25) is 0 Å². The quantitative estimate of drug-likeness (QED) is 0.301. The van der Waals surface area contributed by atoms with Gasteiger partial charge in [-0.1, -0.05) is 24.6 Å². The lowest BCUT2D eigenvalue weighted by Gasteiger charge is -2.20. The fraction of sp³-hybridized carbons (Fsp3) is 0.588. The van der Waals surface area contributed by atoms with Crippen LogP contribution in [0.5, 0.6) is 5.75 Å². The van der Waals surface area contributed by atoms with E-state index in [1.165, 1.54) is 24.9 Å². The lowest BCUT2D eigenvalue weighted by atomic mass is 10.2. The average molecular weight is 432 g/mol. The Hall–Kier alpha value is -1.02. The smallest absolute Gasteiger partial charge is 0.188 e. The minimum absolute atomic E-state index is 0. The van der Waals surface area contributed by atoms with E-state index in [1.54, 1.807) is 0 Å². The third kappa shape index (κ3) is 6.95. The van der Waals surface area contributed by atoms with Crippen molar-refractivity contribution in [2.45, 2.75) is 32.7 Å². The molecule has 1 unspecified atom stereocenters. The van der Waals surface area contributed by atoms with Crippen LogP contribution in [0.4, 0.5) is 0 Å². The first kappa shape index (κ1) is 20.0. The molecule has 1 heterocycles. The van der Waals surface area contributed by atoms with Gasteiger partial charge in [0.05, 0.1) is 13.1 Å². The van der Waals surface area contributed by atoms with Crippen LogP contribution in [0.15, 0.2) is 29.3 Å². The van der Waals surface area contributed by atoms with Crippen molar-refractivity contribution in [1.82, 2.24) is 10.2 Å². The molecule has 2 rings (SSSR count). The summed E-state index contributed by atoms with van der Waals surface area (Å²) in [5.41, 5.74) is 7.13. The highest BCUT2D eigenvalue weighted by Crippen LogP contribution is 2.16. The van der Waals surface area contributed by atoms with Gasteiger partial charge in [-0.25, -0.2) is 0 Å². The fourth-order valence-electron chi connectivity index (χ4n) is 2.76. The molecule has 1 aromatic carbocycles. The number of guanidine groups is 1. The third-order valence-corrected chi connectivity index (χ3v) is 4.08. The topological polar surface area (TPSA) is 62.9 Å². The van der Waals surface area contributed by atoms with Crippen LogP contribution in [-0.2, 0) is 0 Å². The number of nitrogens with two attached hydrogens (primary N) is 1. The highest BCUT2D eigenvalue weighted by atomic mass is 127. The van der Waals surface area contributed by atoms with Crippen LogP contribution in [0, 0.1) is 6.92 Å². The van der Waals surface area contributed by atoms with Crippen LogP contribution in [0.2, 0.25) is 0 Å². The Morgan fingerprint density at radius 2 is 2.13 bits per heavy atom. The van der Waals surface area contributed by atoms with Gasteiger partial charge in [0, 0.05) is 6.04 Å². The third-order valence-electron chi connectivity index (χ3n) is 4.08. The van der Waals surface area contributed by atoms with Crippen molar-refractivity contribution < 1.29 is 4.74 Å². The molecule has 130 valence electrons. The Balaban J connectivity index is 0.00000264. The Morgan fingerprint density at radius 1 is 1.39 bits per heavy atom. The Bertz CT molecular complexity index is 478. The van der Waals surface area contributed by atoms with Gasteiger partial charge in [-0.3, -0.25) is 9.89 Å². The monoisotopic (exact) mass is 432 g/mol. The number of rotatable bonds is 7. The number of halogens is 1. The van der Waals surface area contributed by atoms with E-state index in [2.05, 4.69) is 29.1 Å². The molecule has 0 radical (unpaired) electrons. The molecule has 1 fully saturated rings. The second kappa shape index (κ2) is 10.7. The summed E-state index contributed by atoms with van der Waals surface area (Å²) in [6, 6.07) is 8.59. The molecule has 1 aromatic rings. The number of aryl methyl sites for hydroxylation is 1. The number of nitrogens with zero attached hydrogens (tertiary/aromatic N) is 2. The summed E-state index contributed by atoms with van der Waals surface area (Å²) >= 11 is 0. The zero-order valence-electron chi connectivity index (χ0n) is 14.1. The highest BCUT2D eigenvalue weighted by Gasteiger charge is 2.22. The summed E-state index contributed by atoms with van der Waals surface area (Å²) in [5, 5.41) is 3.11. The molecule has 0 amide bonds. The number of benzene rings is 1. The molecule has 0 aliphatic carbocycles. The van der Waals surface area contributed by atoms with Gasteiger partial charge in [-0.2, -0.15) is 0 Å². The van der Waals surface area contributed by atoms with Gasteiger partial charge < -0.3 is 15.8 Å². The number of hydrogen-bond donors (Lipinski definition) is 2. The van der Waals surface area contributed by atoms with Crippen LogP contribution < -0.4 is 15.8 Å². The number of nitrogens with one attached hydrogen (secondary N) is 1.